The fourth-order valence-corrected chi connectivity index (χ4v) is 1.66. The van der Waals surface area contributed by atoms with Crippen molar-refractivity contribution in [2.24, 2.45) is 0 Å². The number of ether oxygens (including phenoxy) is 2. The minimum Gasteiger partial charge on any atom is -0.486 e. The Bertz CT molecular complexity index is 497. The number of para-hydroxylation sites is 1. The molecule has 0 fully saturated rings. The molecule has 0 radical (unpaired) electrons. The maximum absolute atomic E-state index is 5.57. The van der Waals surface area contributed by atoms with E-state index in [1.807, 2.05) is 44.4 Å². The van der Waals surface area contributed by atoms with E-state index in [1.165, 1.54) is 0 Å². The second-order valence-corrected chi connectivity index (χ2v) is 4.74. The molecule has 1 aromatic carbocycles. The number of aromatic nitrogens is 1. The van der Waals surface area contributed by atoms with Gasteiger partial charge in [-0.3, -0.25) is 0 Å². The van der Waals surface area contributed by atoms with Gasteiger partial charge in [0.05, 0.1) is 6.61 Å². The molecule has 1 heterocycles. The van der Waals surface area contributed by atoms with Gasteiger partial charge in [-0.15, -0.1) is 0 Å². The largest absolute Gasteiger partial charge is 0.486 e. The van der Waals surface area contributed by atoms with E-state index in [-0.39, 0.29) is 0 Å². The van der Waals surface area contributed by atoms with Crippen molar-refractivity contribution in [3.05, 3.63) is 42.2 Å². The lowest BCUT2D eigenvalue weighted by molar-refractivity contribution is 0.233. The molecule has 0 saturated heterocycles. The molecule has 0 saturated carbocycles. The van der Waals surface area contributed by atoms with Gasteiger partial charge in [-0.2, -0.15) is 0 Å². The second kappa shape index (κ2) is 7.55. The average Bonchev–Trinajstić information content (AvgIpc) is 2.90. The van der Waals surface area contributed by atoms with Crippen LogP contribution in [0.4, 0.5) is 0 Å². The maximum atomic E-state index is 5.57. The molecule has 0 bridgehead atoms. The third-order valence-corrected chi connectivity index (χ3v) is 2.66. The minimum atomic E-state index is 0.345. The summed E-state index contributed by atoms with van der Waals surface area (Å²) in [6.45, 7) is 1.96. The lowest BCUT2D eigenvalue weighted by Gasteiger charge is -2.08. The molecule has 0 atom stereocenters. The SMILES string of the molecule is CN(C)CCCOc1cc(COc2ccccc2)on1. The molecule has 5 nitrogen and oxygen atoms in total. The van der Waals surface area contributed by atoms with Gasteiger partial charge >= 0.3 is 0 Å². The molecule has 2 rings (SSSR count). The Hall–Kier alpha value is -2.01. The summed E-state index contributed by atoms with van der Waals surface area (Å²) in [6.07, 6.45) is 0.954. The van der Waals surface area contributed by atoms with Gasteiger partial charge in [0.2, 0.25) is 0 Å². The fourth-order valence-electron chi connectivity index (χ4n) is 1.66. The van der Waals surface area contributed by atoms with Crippen LogP contribution in [0.15, 0.2) is 40.9 Å². The summed E-state index contributed by atoms with van der Waals surface area (Å²) in [6, 6.07) is 11.4. The van der Waals surface area contributed by atoms with Crippen LogP contribution in [0.25, 0.3) is 0 Å². The molecule has 108 valence electrons. The smallest absolute Gasteiger partial charge is 0.254 e. The lowest BCUT2D eigenvalue weighted by atomic mass is 10.3. The van der Waals surface area contributed by atoms with E-state index in [0.29, 0.717) is 24.9 Å². The molecule has 0 aliphatic heterocycles. The molecule has 0 N–H and O–H groups in total. The van der Waals surface area contributed by atoms with Crippen LogP contribution in [0.2, 0.25) is 0 Å². The van der Waals surface area contributed by atoms with Gasteiger partial charge in [0.25, 0.3) is 5.88 Å². The van der Waals surface area contributed by atoms with Gasteiger partial charge in [0, 0.05) is 12.6 Å². The van der Waals surface area contributed by atoms with Crippen molar-refractivity contribution in [3.63, 3.8) is 0 Å². The second-order valence-electron chi connectivity index (χ2n) is 4.74. The molecule has 2 aromatic rings. The molecule has 20 heavy (non-hydrogen) atoms. The van der Waals surface area contributed by atoms with Gasteiger partial charge in [0.1, 0.15) is 12.4 Å². The van der Waals surface area contributed by atoms with Crippen molar-refractivity contribution in [1.29, 1.82) is 0 Å². The summed E-state index contributed by atoms with van der Waals surface area (Å²) in [5.74, 6) is 1.96. The Morgan fingerprint density at radius 3 is 2.70 bits per heavy atom. The predicted molar refractivity (Wildman–Crippen MR) is 75.9 cm³/mol. The van der Waals surface area contributed by atoms with E-state index in [4.69, 9.17) is 14.0 Å². The monoisotopic (exact) mass is 276 g/mol. The highest BCUT2D eigenvalue weighted by Crippen LogP contribution is 2.15. The molecule has 0 aliphatic carbocycles. The van der Waals surface area contributed by atoms with Crippen LogP contribution in [0.3, 0.4) is 0 Å². The lowest BCUT2D eigenvalue weighted by Crippen LogP contribution is -2.15. The molecule has 0 amide bonds. The fraction of sp³-hybridized carbons (Fsp3) is 0.400. The Balaban J connectivity index is 1.72. The van der Waals surface area contributed by atoms with Gasteiger partial charge in [-0.25, -0.2) is 0 Å². The highest BCUT2D eigenvalue weighted by molar-refractivity contribution is 5.21. The molecule has 0 unspecified atom stereocenters. The number of hydrogen-bond acceptors (Lipinski definition) is 5. The predicted octanol–water partition coefficient (Wildman–Crippen LogP) is 2.58. The number of hydrogen-bond donors (Lipinski definition) is 0. The van der Waals surface area contributed by atoms with E-state index >= 15 is 0 Å². The Morgan fingerprint density at radius 2 is 1.95 bits per heavy atom. The summed E-state index contributed by atoms with van der Waals surface area (Å²) < 4.78 is 16.2. The van der Waals surface area contributed by atoms with Crippen LogP contribution in [-0.2, 0) is 6.61 Å². The molecule has 0 spiro atoms. The number of benzene rings is 1. The first kappa shape index (κ1) is 14.4. The van der Waals surface area contributed by atoms with Gasteiger partial charge in [-0.05, 0) is 37.8 Å². The quantitative estimate of drug-likeness (QED) is 0.694. The summed E-state index contributed by atoms with van der Waals surface area (Å²) >= 11 is 0. The zero-order chi connectivity index (χ0) is 14.2. The van der Waals surface area contributed by atoms with Crippen molar-refractivity contribution >= 4 is 0 Å². The van der Waals surface area contributed by atoms with E-state index in [1.54, 1.807) is 6.07 Å². The van der Waals surface area contributed by atoms with Crippen LogP contribution >= 0.6 is 0 Å². The van der Waals surface area contributed by atoms with Gasteiger partial charge in [0.15, 0.2) is 5.76 Å². The van der Waals surface area contributed by atoms with Crippen molar-refractivity contribution in [1.82, 2.24) is 10.1 Å². The molecule has 5 heteroatoms. The molecular formula is C15H20N2O3. The number of nitrogens with zero attached hydrogens (tertiary/aromatic N) is 2. The van der Waals surface area contributed by atoms with Crippen molar-refractivity contribution in [2.45, 2.75) is 13.0 Å². The molecule has 1 aromatic heterocycles. The zero-order valence-electron chi connectivity index (χ0n) is 11.9. The number of rotatable bonds is 8. The van der Waals surface area contributed by atoms with Crippen molar-refractivity contribution in [2.75, 3.05) is 27.2 Å². The maximum Gasteiger partial charge on any atom is 0.254 e. The Morgan fingerprint density at radius 1 is 1.15 bits per heavy atom. The molecule has 0 aliphatic rings. The van der Waals surface area contributed by atoms with Crippen LogP contribution in [0.5, 0.6) is 11.6 Å². The van der Waals surface area contributed by atoms with Crippen LogP contribution in [-0.4, -0.2) is 37.3 Å². The normalized spacial score (nSPS) is 10.8. The van der Waals surface area contributed by atoms with Crippen molar-refractivity contribution < 1.29 is 14.0 Å². The summed E-state index contributed by atoms with van der Waals surface area (Å²) in [5.41, 5.74) is 0. The first-order chi connectivity index (χ1) is 9.74. The first-order valence-electron chi connectivity index (χ1n) is 6.65. The van der Waals surface area contributed by atoms with Crippen LogP contribution in [0, 0.1) is 0 Å². The highest BCUT2D eigenvalue weighted by atomic mass is 16.5. The van der Waals surface area contributed by atoms with Crippen LogP contribution in [0.1, 0.15) is 12.2 Å². The minimum absolute atomic E-state index is 0.345. The molecular weight excluding hydrogens is 256 g/mol. The Kier molecular flexibility index (Phi) is 5.43. The third-order valence-electron chi connectivity index (χ3n) is 2.66. The standard InChI is InChI=1S/C15H20N2O3/c1-17(2)9-6-10-18-15-11-14(20-16-15)12-19-13-7-4-3-5-8-13/h3-5,7-8,11H,6,9-10,12H2,1-2H3. The van der Waals surface area contributed by atoms with E-state index < -0.39 is 0 Å². The van der Waals surface area contributed by atoms with E-state index in [2.05, 4.69) is 10.1 Å². The van der Waals surface area contributed by atoms with E-state index in [0.717, 1.165) is 18.7 Å². The third kappa shape index (κ3) is 4.93. The van der Waals surface area contributed by atoms with E-state index in [9.17, 15) is 0 Å². The Labute approximate surface area is 119 Å². The van der Waals surface area contributed by atoms with Crippen molar-refractivity contribution in [3.8, 4) is 11.6 Å². The highest BCUT2D eigenvalue weighted by Gasteiger charge is 2.06. The van der Waals surface area contributed by atoms with Gasteiger partial charge < -0.3 is 18.9 Å². The zero-order valence-corrected chi connectivity index (χ0v) is 11.9. The van der Waals surface area contributed by atoms with Gasteiger partial charge in [-0.1, -0.05) is 18.2 Å². The first-order valence-corrected chi connectivity index (χ1v) is 6.65. The topological polar surface area (TPSA) is 47.7 Å². The van der Waals surface area contributed by atoms with Crippen LogP contribution < -0.4 is 9.47 Å². The summed E-state index contributed by atoms with van der Waals surface area (Å²) in [5, 5.41) is 3.85. The average molecular weight is 276 g/mol. The summed E-state index contributed by atoms with van der Waals surface area (Å²) in [4.78, 5) is 2.12. The summed E-state index contributed by atoms with van der Waals surface area (Å²) in [7, 11) is 4.07.